The zero-order chi connectivity index (χ0) is 44.5. The first-order valence-corrected chi connectivity index (χ1v) is 20.6. The summed E-state index contributed by atoms with van der Waals surface area (Å²) in [6.07, 6.45) is 1.62. The van der Waals surface area contributed by atoms with Crippen molar-refractivity contribution in [2.75, 3.05) is 33.0 Å². The highest BCUT2D eigenvalue weighted by atomic mass is 31.2. The highest BCUT2D eigenvalue weighted by molar-refractivity contribution is 7.47. The molecule has 1 aliphatic rings. The third-order valence-corrected chi connectivity index (χ3v) is 10.2. The van der Waals surface area contributed by atoms with Gasteiger partial charge in [-0.1, -0.05) is 13.8 Å². The van der Waals surface area contributed by atoms with E-state index < -0.39 is 105 Å². The Morgan fingerprint density at radius 2 is 1.63 bits per heavy atom. The van der Waals surface area contributed by atoms with E-state index in [0.717, 1.165) is 6.92 Å². The molecule has 2 rings (SSSR count). The average molecular weight is 863 g/mol. The van der Waals surface area contributed by atoms with E-state index in [-0.39, 0.29) is 44.3 Å². The molecule has 0 bridgehead atoms. The minimum Gasteiger partial charge on any atom is -0.481 e. The summed E-state index contributed by atoms with van der Waals surface area (Å²) < 4.78 is 27.4. The Balaban J connectivity index is 2.19. The van der Waals surface area contributed by atoms with Gasteiger partial charge in [-0.25, -0.2) is 9.55 Å². The van der Waals surface area contributed by atoms with Crippen molar-refractivity contribution in [2.45, 2.75) is 121 Å². The van der Waals surface area contributed by atoms with Crippen LogP contribution in [0, 0.1) is 5.92 Å². The van der Waals surface area contributed by atoms with Gasteiger partial charge in [0, 0.05) is 31.5 Å². The number of nitrogens with one attached hydrogen (secondary N) is 5. The number of phosphoric ester groups is 1. The van der Waals surface area contributed by atoms with E-state index >= 15 is 0 Å². The van der Waals surface area contributed by atoms with Crippen molar-refractivity contribution in [3.63, 3.8) is 0 Å². The summed E-state index contributed by atoms with van der Waals surface area (Å²) in [7, 11) is -4.95. The number of carbonyl (C=O) groups excluding carboxylic acids is 6. The number of likely N-dealkylation sites (tertiary alicyclic amines) is 1. The number of amides is 6. The molecule has 334 valence electrons. The van der Waals surface area contributed by atoms with Crippen LogP contribution in [0.25, 0.3) is 0 Å². The number of H-pyrrole nitrogens is 1. The van der Waals surface area contributed by atoms with E-state index in [2.05, 4.69) is 35.8 Å². The van der Waals surface area contributed by atoms with E-state index in [0.29, 0.717) is 31.5 Å². The molecule has 0 radical (unpaired) electrons. The molecular formula is C35H59N8O15P. The Morgan fingerprint density at radius 3 is 2.20 bits per heavy atom. The molecule has 6 amide bonds. The number of aliphatic hydroxyl groups excluding tert-OH is 2. The number of phosphoric acid groups is 1. The van der Waals surface area contributed by atoms with Crippen molar-refractivity contribution in [1.29, 1.82) is 0 Å². The first kappa shape index (κ1) is 50.6. The quantitative estimate of drug-likeness (QED) is 0.0427. The Labute approximate surface area is 341 Å². The lowest BCUT2D eigenvalue weighted by molar-refractivity contribution is -0.141. The monoisotopic (exact) mass is 862 g/mol. The van der Waals surface area contributed by atoms with Crippen LogP contribution in [-0.2, 0) is 58.3 Å². The zero-order valence-corrected chi connectivity index (χ0v) is 34.8. The predicted molar refractivity (Wildman–Crippen MR) is 205 cm³/mol. The van der Waals surface area contributed by atoms with Gasteiger partial charge < -0.3 is 61.8 Å². The van der Waals surface area contributed by atoms with E-state index in [1.807, 2.05) is 13.8 Å². The molecule has 0 saturated carbocycles. The molecule has 4 unspecified atom stereocenters. The SMILES string of the molecule is CC(C)CC(NC(=O)[C@@H]1CCCN1C(=O)CCOC(C)(C)CCO)C(=O)N[C@@H](Cc1cnc[nH]1)C(=O)NC(CO)C(=O)N[C@H](C(N)=O)C(C)OP(=O)(O)OCCC(=O)O. The van der Waals surface area contributed by atoms with Gasteiger partial charge >= 0.3 is 13.8 Å². The number of nitrogens with two attached hydrogens (primary N) is 1. The first-order chi connectivity index (χ1) is 27.6. The summed E-state index contributed by atoms with van der Waals surface area (Å²) in [5.41, 5.74) is 5.11. The van der Waals surface area contributed by atoms with Gasteiger partial charge in [0.1, 0.15) is 30.2 Å². The van der Waals surface area contributed by atoms with Gasteiger partial charge in [-0.05, 0) is 52.4 Å². The molecule has 2 heterocycles. The number of nitrogens with zero attached hydrogens (tertiary/aromatic N) is 2. The molecular weight excluding hydrogens is 803 g/mol. The Bertz CT molecular complexity index is 1630. The standard InChI is InChI=1S/C35H59N8O15P/c1-20(2)15-23(40-34(53)26-7-6-11-43(26)27(46)8-13-56-35(4,5)10-12-44)31(50)39-24(16-22-17-37-19-38-22)32(51)41-25(18-45)33(52)42-29(30(36)49)21(3)58-59(54,55)57-14-9-28(47)48/h17,19-21,23-26,29,44-45H,6-16,18H2,1-5H3,(H2,36,49)(H,37,38)(H,39,50)(H,40,53)(H,41,51)(H,42,52)(H,47,48)(H,54,55)/t21?,23?,24-,25?,26-,29-/m0/s1. The molecule has 24 heteroatoms. The predicted octanol–water partition coefficient (Wildman–Crippen LogP) is -2.03. The third-order valence-electron chi connectivity index (χ3n) is 9.11. The number of carboxylic acids is 1. The third kappa shape index (κ3) is 17.7. The minimum absolute atomic E-state index is 0.00231. The number of aliphatic hydroxyl groups is 2. The zero-order valence-electron chi connectivity index (χ0n) is 33.9. The maximum atomic E-state index is 13.9. The van der Waals surface area contributed by atoms with Crippen molar-refractivity contribution in [3.05, 3.63) is 18.2 Å². The molecule has 7 atom stereocenters. The Hall–Kier alpha value is -4.51. The molecule has 0 aliphatic carbocycles. The maximum Gasteiger partial charge on any atom is 0.472 e. The summed E-state index contributed by atoms with van der Waals surface area (Å²) >= 11 is 0. The molecule has 1 aromatic rings. The molecule has 11 N–H and O–H groups in total. The molecule has 59 heavy (non-hydrogen) atoms. The molecule has 1 aliphatic heterocycles. The first-order valence-electron chi connectivity index (χ1n) is 19.1. The summed E-state index contributed by atoms with van der Waals surface area (Å²) in [5, 5.41) is 37.8. The van der Waals surface area contributed by atoms with Crippen LogP contribution >= 0.6 is 7.82 Å². The van der Waals surface area contributed by atoms with Gasteiger partial charge in [0.05, 0.1) is 50.7 Å². The molecule has 1 aromatic heterocycles. The van der Waals surface area contributed by atoms with Crippen molar-refractivity contribution >= 4 is 49.2 Å². The topological polar surface area (TPSA) is 351 Å². The van der Waals surface area contributed by atoms with Crippen LogP contribution in [0.1, 0.15) is 78.8 Å². The van der Waals surface area contributed by atoms with Crippen LogP contribution in [0.2, 0.25) is 0 Å². The number of rotatable bonds is 27. The number of aliphatic carboxylic acids is 1. The second kappa shape index (κ2) is 23.9. The van der Waals surface area contributed by atoms with Crippen molar-refractivity contribution in [2.24, 2.45) is 11.7 Å². The lowest BCUT2D eigenvalue weighted by Gasteiger charge is -2.29. The van der Waals surface area contributed by atoms with E-state index in [4.69, 9.17) is 20.1 Å². The average Bonchev–Trinajstić information content (AvgIpc) is 3.84. The van der Waals surface area contributed by atoms with Crippen molar-refractivity contribution in [1.82, 2.24) is 36.1 Å². The highest BCUT2D eigenvalue weighted by Gasteiger charge is 2.38. The summed E-state index contributed by atoms with van der Waals surface area (Å²) in [6, 6.07) is -7.07. The van der Waals surface area contributed by atoms with Gasteiger partial charge in [0.25, 0.3) is 0 Å². The maximum absolute atomic E-state index is 13.9. The number of aromatic nitrogens is 2. The number of primary amides is 1. The second-order valence-corrected chi connectivity index (χ2v) is 16.4. The summed E-state index contributed by atoms with van der Waals surface area (Å²) in [6.45, 7) is 6.85. The van der Waals surface area contributed by atoms with E-state index in [1.54, 1.807) is 13.8 Å². The van der Waals surface area contributed by atoms with Gasteiger partial charge in [-0.15, -0.1) is 0 Å². The molecule has 0 spiro atoms. The van der Waals surface area contributed by atoms with Gasteiger partial charge in [0.15, 0.2) is 0 Å². The fourth-order valence-corrected chi connectivity index (χ4v) is 6.92. The molecule has 23 nitrogen and oxygen atoms in total. The normalized spacial score (nSPS) is 17.8. The summed E-state index contributed by atoms with van der Waals surface area (Å²) in [4.78, 5) is 109. The summed E-state index contributed by atoms with van der Waals surface area (Å²) in [5.74, 6) is -6.54. The molecule has 0 aromatic carbocycles. The largest absolute Gasteiger partial charge is 0.481 e. The van der Waals surface area contributed by atoms with Crippen LogP contribution in [0.15, 0.2) is 12.5 Å². The molecule has 1 fully saturated rings. The number of ether oxygens (including phenoxy) is 1. The number of hydrogen-bond donors (Lipinski definition) is 10. The van der Waals surface area contributed by atoms with Gasteiger partial charge in [0.2, 0.25) is 35.4 Å². The lowest BCUT2D eigenvalue weighted by atomic mass is 10.0. The van der Waals surface area contributed by atoms with Crippen molar-refractivity contribution < 1.29 is 72.1 Å². The molecule has 1 saturated heterocycles. The lowest BCUT2D eigenvalue weighted by Crippen LogP contribution is -2.61. The van der Waals surface area contributed by atoms with Crippen molar-refractivity contribution in [3.8, 4) is 0 Å². The minimum atomic E-state index is -4.95. The Kier molecular flexibility index (Phi) is 20.5. The number of aromatic amines is 1. The van der Waals surface area contributed by atoms with Crippen LogP contribution in [0.3, 0.4) is 0 Å². The van der Waals surface area contributed by atoms with E-state index in [9.17, 15) is 53.2 Å². The highest BCUT2D eigenvalue weighted by Crippen LogP contribution is 2.45. The van der Waals surface area contributed by atoms with Gasteiger partial charge in [-0.2, -0.15) is 0 Å². The smallest absolute Gasteiger partial charge is 0.472 e. The second-order valence-electron chi connectivity index (χ2n) is 15.0. The number of carbonyl (C=O) groups is 7. The van der Waals surface area contributed by atoms with Crippen LogP contribution in [0.5, 0.6) is 0 Å². The van der Waals surface area contributed by atoms with E-state index in [1.165, 1.54) is 17.4 Å². The van der Waals surface area contributed by atoms with Crippen LogP contribution < -0.4 is 27.0 Å². The number of imidazole rings is 1. The van der Waals surface area contributed by atoms with Crippen LogP contribution in [-0.4, -0.2) is 151 Å². The van der Waals surface area contributed by atoms with Crippen LogP contribution in [0.4, 0.5) is 0 Å². The fraction of sp³-hybridized carbons (Fsp3) is 0.714. The van der Waals surface area contributed by atoms with Gasteiger partial charge in [-0.3, -0.25) is 42.6 Å². The Morgan fingerprint density at radius 1 is 0.983 bits per heavy atom. The fourth-order valence-electron chi connectivity index (χ4n) is 6.00. The number of carboxylic acid groups (broad SMARTS) is 1. The number of hydrogen-bond acceptors (Lipinski definition) is 14.